The minimum absolute atomic E-state index is 0.0604. The quantitative estimate of drug-likeness (QED) is 0.532. The van der Waals surface area contributed by atoms with Gasteiger partial charge in [0.25, 0.3) is 15.9 Å². The summed E-state index contributed by atoms with van der Waals surface area (Å²) in [6.07, 6.45) is 0. The van der Waals surface area contributed by atoms with Crippen LogP contribution in [0.4, 0.5) is 5.13 Å². The summed E-state index contributed by atoms with van der Waals surface area (Å²) in [6.45, 7) is 8.69. The Morgan fingerprint density at radius 3 is 2.55 bits per heavy atom. The number of nitrogens with zero attached hydrogens (tertiary/aromatic N) is 2. The van der Waals surface area contributed by atoms with Gasteiger partial charge in [0, 0.05) is 19.2 Å². The van der Waals surface area contributed by atoms with E-state index in [1.165, 1.54) is 29.5 Å². The third-order valence-electron chi connectivity index (χ3n) is 4.40. The van der Waals surface area contributed by atoms with Crippen molar-refractivity contribution in [2.24, 2.45) is 0 Å². The number of sulfonamides is 1. The van der Waals surface area contributed by atoms with E-state index in [1.807, 2.05) is 11.8 Å². The minimum Gasteiger partial charge on any atom is -0.490 e. The van der Waals surface area contributed by atoms with E-state index in [-0.39, 0.29) is 4.90 Å². The normalized spacial score (nSPS) is 14.4. The van der Waals surface area contributed by atoms with Crippen molar-refractivity contribution in [1.29, 1.82) is 0 Å². The first-order valence-electron chi connectivity index (χ1n) is 9.87. The third kappa shape index (κ3) is 5.64. The monoisotopic (exact) mass is 470 g/mol. The molecule has 1 aromatic carbocycles. The molecule has 3 rings (SSSR count). The molecule has 1 saturated heterocycles. The molecule has 1 amide bonds. The summed E-state index contributed by atoms with van der Waals surface area (Å²) in [5.74, 6) is 0.185. The number of carbonyl (C=O) groups excluding carboxylic acids is 1. The van der Waals surface area contributed by atoms with Crippen LogP contribution in [0.5, 0.6) is 11.5 Å². The van der Waals surface area contributed by atoms with Crippen LogP contribution in [0.3, 0.4) is 0 Å². The fourth-order valence-corrected chi connectivity index (χ4v) is 4.78. The fraction of sp³-hybridized carbons (Fsp3) is 0.474. The van der Waals surface area contributed by atoms with Crippen LogP contribution in [0.15, 0.2) is 23.1 Å². The standard InChI is InChI=1S/C19H26N4O6S2/c1-4-28-15-7-6-14(12-16(15)29-5-2)31(25,26)22-21-18(24)17-13(3)20-19(30-17)23-8-10-27-11-9-23/h6-7,12,22H,4-5,8-11H2,1-3H3,(H,21,24). The second kappa shape index (κ2) is 10.3. The van der Waals surface area contributed by atoms with Gasteiger partial charge in [-0.25, -0.2) is 13.4 Å². The number of nitrogens with one attached hydrogen (secondary N) is 2. The molecule has 31 heavy (non-hydrogen) atoms. The molecule has 0 bridgehead atoms. The molecule has 0 saturated carbocycles. The van der Waals surface area contributed by atoms with Crippen LogP contribution in [-0.2, 0) is 14.8 Å². The van der Waals surface area contributed by atoms with Crippen LogP contribution in [0.25, 0.3) is 0 Å². The Morgan fingerprint density at radius 1 is 1.19 bits per heavy atom. The number of hydrogen-bond acceptors (Lipinski definition) is 9. The van der Waals surface area contributed by atoms with Gasteiger partial charge in [0.15, 0.2) is 16.6 Å². The molecule has 1 aromatic heterocycles. The molecule has 12 heteroatoms. The first-order valence-corrected chi connectivity index (χ1v) is 12.2. The van der Waals surface area contributed by atoms with Crippen LogP contribution >= 0.6 is 11.3 Å². The molecule has 2 N–H and O–H groups in total. The van der Waals surface area contributed by atoms with Crippen molar-refractivity contribution in [2.45, 2.75) is 25.7 Å². The van der Waals surface area contributed by atoms with Gasteiger partial charge >= 0.3 is 0 Å². The number of aryl methyl sites for hydroxylation is 1. The zero-order chi connectivity index (χ0) is 22.4. The average molecular weight is 471 g/mol. The van der Waals surface area contributed by atoms with E-state index in [0.29, 0.717) is 66.7 Å². The number of anilines is 1. The SMILES string of the molecule is CCOc1ccc(S(=O)(=O)NNC(=O)c2sc(N3CCOCC3)nc2C)cc1OCC. The molecule has 170 valence electrons. The first-order chi connectivity index (χ1) is 14.9. The number of ether oxygens (including phenoxy) is 3. The lowest BCUT2D eigenvalue weighted by Crippen LogP contribution is -2.41. The Hall–Kier alpha value is -2.41. The molecule has 1 aliphatic heterocycles. The molecule has 2 aromatic rings. The summed E-state index contributed by atoms with van der Waals surface area (Å²) >= 11 is 1.21. The Morgan fingerprint density at radius 2 is 1.87 bits per heavy atom. The number of hydrazine groups is 1. The summed E-state index contributed by atoms with van der Waals surface area (Å²) in [4.78, 5) is 21.5. The van der Waals surface area contributed by atoms with Gasteiger partial charge in [-0.15, -0.1) is 4.83 Å². The van der Waals surface area contributed by atoms with Crippen molar-refractivity contribution in [3.8, 4) is 11.5 Å². The van der Waals surface area contributed by atoms with Crippen molar-refractivity contribution in [3.05, 3.63) is 28.8 Å². The highest BCUT2D eigenvalue weighted by atomic mass is 32.2. The highest BCUT2D eigenvalue weighted by Gasteiger charge is 2.23. The number of morpholine rings is 1. The Kier molecular flexibility index (Phi) is 7.70. The molecule has 1 fully saturated rings. The van der Waals surface area contributed by atoms with Crippen LogP contribution in [0.1, 0.15) is 29.2 Å². The van der Waals surface area contributed by atoms with Crippen molar-refractivity contribution >= 4 is 32.4 Å². The Bertz CT molecular complexity index is 1020. The van der Waals surface area contributed by atoms with E-state index in [4.69, 9.17) is 14.2 Å². The lowest BCUT2D eigenvalue weighted by atomic mass is 10.3. The van der Waals surface area contributed by atoms with E-state index >= 15 is 0 Å². The highest BCUT2D eigenvalue weighted by molar-refractivity contribution is 7.89. The zero-order valence-corrected chi connectivity index (χ0v) is 19.3. The maximum atomic E-state index is 12.7. The van der Waals surface area contributed by atoms with Crippen molar-refractivity contribution in [2.75, 3.05) is 44.4 Å². The summed E-state index contributed by atoms with van der Waals surface area (Å²) in [7, 11) is -4.02. The fourth-order valence-electron chi connectivity index (χ4n) is 2.91. The molecule has 0 radical (unpaired) electrons. The lowest BCUT2D eigenvalue weighted by Gasteiger charge is -2.25. The van der Waals surface area contributed by atoms with Gasteiger partial charge in [0.2, 0.25) is 0 Å². The number of hydrogen-bond donors (Lipinski definition) is 2. The van der Waals surface area contributed by atoms with E-state index in [9.17, 15) is 13.2 Å². The Labute approximate surface area is 185 Å². The summed E-state index contributed by atoms with van der Waals surface area (Å²) in [6, 6.07) is 4.26. The maximum Gasteiger partial charge on any atom is 0.278 e. The van der Waals surface area contributed by atoms with Crippen LogP contribution in [-0.4, -0.2) is 58.8 Å². The smallest absolute Gasteiger partial charge is 0.278 e. The largest absolute Gasteiger partial charge is 0.490 e. The summed E-state index contributed by atoms with van der Waals surface area (Å²) in [5, 5.41) is 0.710. The molecule has 0 unspecified atom stereocenters. The van der Waals surface area contributed by atoms with Crippen molar-refractivity contribution < 1.29 is 27.4 Å². The highest BCUT2D eigenvalue weighted by Crippen LogP contribution is 2.30. The van der Waals surface area contributed by atoms with Crippen LogP contribution in [0.2, 0.25) is 0 Å². The van der Waals surface area contributed by atoms with Crippen molar-refractivity contribution in [1.82, 2.24) is 15.2 Å². The molecular weight excluding hydrogens is 444 g/mol. The number of carbonyl (C=O) groups is 1. The van der Waals surface area contributed by atoms with Gasteiger partial charge in [-0.05, 0) is 32.9 Å². The number of thiazole rings is 1. The van der Waals surface area contributed by atoms with Crippen molar-refractivity contribution in [3.63, 3.8) is 0 Å². The summed E-state index contributed by atoms with van der Waals surface area (Å²) < 4.78 is 41.6. The minimum atomic E-state index is -4.02. The predicted octanol–water partition coefficient (Wildman–Crippen LogP) is 1.71. The van der Waals surface area contributed by atoms with Gasteiger partial charge in [-0.2, -0.15) is 0 Å². The van der Waals surface area contributed by atoms with Gasteiger partial charge in [0.05, 0.1) is 37.0 Å². The zero-order valence-electron chi connectivity index (χ0n) is 17.6. The number of aromatic nitrogens is 1. The second-order valence-corrected chi connectivity index (χ2v) is 9.20. The van der Waals surface area contributed by atoms with Gasteiger partial charge in [-0.1, -0.05) is 11.3 Å². The summed E-state index contributed by atoms with van der Waals surface area (Å²) in [5.41, 5.74) is 2.79. The molecule has 0 atom stereocenters. The molecule has 0 spiro atoms. The molecule has 10 nitrogen and oxygen atoms in total. The second-order valence-electron chi connectivity index (χ2n) is 6.54. The topological polar surface area (TPSA) is 119 Å². The van der Waals surface area contributed by atoms with Crippen LogP contribution < -0.4 is 24.6 Å². The number of amides is 1. The number of rotatable bonds is 9. The lowest BCUT2D eigenvalue weighted by molar-refractivity contribution is 0.0948. The van der Waals surface area contributed by atoms with Gasteiger partial charge in [-0.3, -0.25) is 10.2 Å². The number of benzene rings is 1. The molecule has 0 aliphatic carbocycles. The molecular formula is C19H26N4O6S2. The van der Waals surface area contributed by atoms with Gasteiger partial charge < -0.3 is 19.1 Å². The van der Waals surface area contributed by atoms with Crippen LogP contribution in [0, 0.1) is 6.92 Å². The van der Waals surface area contributed by atoms with Gasteiger partial charge in [0.1, 0.15) is 4.88 Å². The Balaban J connectivity index is 1.70. The van der Waals surface area contributed by atoms with E-state index in [0.717, 1.165) is 0 Å². The van der Waals surface area contributed by atoms with E-state index in [1.54, 1.807) is 13.8 Å². The molecule has 1 aliphatic rings. The third-order valence-corrected chi connectivity index (χ3v) is 6.86. The van der Waals surface area contributed by atoms with E-state index in [2.05, 4.69) is 15.2 Å². The van der Waals surface area contributed by atoms with E-state index < -0.39 is 15.9 Å². The average Bonchev–Trinajstić information content (AvgIpc) is 3.16. The first kappa shape index (κ1) is 23.3. The predicted molar refractivity (Wildman–Crippen MR) is 116 cm³/mol. The maximum absolute atomic E-state index is 12.7. The molecule has 2 heterocycles.